The highest BCUT2D eigenvalue weighted by Crippen LogP contribution is 2.40. The number of halogens is 2. The first kappa shape index (κ1) is 27.5. The van der Waals surface area contributed by atoms with Gasteiger partial charge in [-0.15, -0.1) is 11.3 Å². The fourth-order valence-electron chi connectivity index (χ4n) is 4.42. The number of anilines is 1. The molecule has 1 amide bonds. The van der Waals surface area contributed by atoms with E-state index in [1.165, 1.54) is 17.0 Å². The van der Waals surface area contributed by atoms with E-state index in [0.29, 0.717) is 16.3 Å². The van der Waals surface area contributed by atoms with Gasteiger partial charge < -0.3 is 10.1 Å². The van der Waals surface area contributed by atoms with Crippen LogP contribution in [0.3, 0.4) is 0 Å². The molecule has 3 aromatic carbocycles. The number of ether oxygens (including phenoxy) is 1. The standard InChI is InChI=1S/C29H23BrIN3O4S/c30-20-14-19(27(24(31)15-20)38-17-18-10-12-22(13-11-18)34(36)37)16-32-29-26(23-8-4-5-9-25(23)39-29)28(35)33-21-6-2-1-3-7-21/h1-3,6-7,10-16H,4-5,8-9,17H2,(H,33,35). The summed E-state index contributed by atoms with van der Waals surface area (Å²) in [6.07, 6.45) is 5.75. The molecule has 198 valence electrons. The maximum atomic E-state index is 13.4. The van der Waals surface area contributed by atoms with Crippen molar-refractivity contribution in [3.05, 3.63) is 112 Å². The molecule has 7 nitrogen and oxygen atoms in total. The number of para-hydroxylation sites is 1. The van der Waals surface area contributed by atoms with Gasteiger partial charge in [-0.1, -0.05) is 34.1 Å². The molecular formula is C29H23BrIN3O4S. The third-order valence-corrected chi connectivity index (χ3v) is 8.76. The number of thiophene rings is 1. The van der Waals surface area contributed by atoms with E-state index in [4.69, 9.17) is 9.73 Å². The summed E-state index contributed by atoms with van der Waals surface area (Å²) < 4.78 is 7.94. The number of nitro benzene ring substituents is 1. The Morgan fingerprint density at radius 1 is 1.13 bits per heavy atom. The predicted octanol–water partition coefficient (Wildman–Crippen LogP) is 8.48. The molecule has 0 radical (unpaired) electrons. The number of carbonyl (C=O) groups is 1. The van der Waals surface area contributed by atoms with E-state index in [1.807, 2.05) is 42.5 Å². The average molecular weight is 716 g/mol. The first-order valence-corrected chi connectivity index (χ1v) is 15.0. The number of nitrogens with zero attached hydrogens (tertiary/aromatic N) is 2. The van der Waals surface area contributed by atoms with Crippen molar-refractivity contribution in [3.63, 3.8) is 0 Å². The van der Waals surface area contributed by atoms with Crippen molar-refractivity contribution in [1.29, 1.82) is 0 Å². The Morgan fingerprint density at radius 2 is 1.87 bits per heavy atom. The van der Waals surface area contributed by atoms with Gasteiger partial charge in [0.25, 0.3) is 11.6 Å². The molecule has 39 heavy (non-hydrogen) atoms. The molecule has 0 unspecified atom stereocenters. The van der Waals surface area contributed by atoms with Gasteiger partial charge in [0.05, 0.1) is 14.1 Å². The highest BCUT2D eigenvalue weighted by Gasteiger charge is 2.25. The lowest BCUT2D eigenvalue weighted by Gasteiger charge is -2.13. The van der Waals surface area contributed by atoms with Crippen molar-refractivity contribution in [1.82, 2.24) is 0 Å². The van der Waals surface area contributed by atoms with E-state index in [-0.39, 0.29) is 18.2 Å². The quantitative estimate of drug-likeness (QED) is 0.0857. The molecule has 0 saturated heterocycles. The monoisotopic (exact) mass is 715 g/mol. The van der Waals surface area contributed by atoms with Crippen LogP contribution in [0.5, 0.6) is 5.75 Å². The Kier molecular flexibility index (Phi) is 8.73. The summed E-state index contributed by atoms with van der Waals surface area (Å²) >= 11 is 7.36. The van der Waals surface area contributed by atoms with Gasteiger partial charge >= 0.3 is 0 Å². The number of nitrogens with one attached hydrogen (secondary N) is 1. The van der Waals surface area contributed by atoms with Crippen LogP contribution in [0.1, 0.15) is 44.8 Å². The van der Waals surface area contributed by atoms with Gasteiger partial charge in [-0.3, -0.25) is 14.9 Å². The van der Waals surface area contributed by atoms with Crippen LogP contribution in [-0.4, -0.2) is 17.0 Å². The third-order valence-electron chi connectivity index (χ3n) is 6.30. The number of aliphatic imine (C=N–C) groups is 1. The van der Waals surface area contributed by atoms with Crippen molar-refractivity contribution in [3.8, 4) is 5.75 Å². The SMILES string of the molecule is O=C(Nc1ccccc1)c1c(N=Cc2cc(Br)cc(I)c2OCc2ccc([N+](=O)[O-])cc2)sc2c1CCCC2. The van der Waals surface area contributed by atoms with Crippen molar-refractivity contribution in [2.45, 2.75) is 32.3 Å². The second-order valence-electron chi connectivity index (χ2n) is 8.99. The lowest BCUT2D eigenvalue weighted by atomic mass is 9.95. The molecular weight excluding hydrogens is 693 g/mol. The molecule has 0 aliphatic heterocycles. The maximum absolute atomic E-state index is 13.4. The first-order valence-electron chi connectivity index (χ1n) is 12.3. The van der Waals surface area contributed by atoms with Crippen LogP contribution in [0, 0.1) is 13.7 Å². The molecule has 0 fully saturated rings. The Hall–Kier alpha value is -3.09. The number of aryl methyl sites for hydroxylation is 1. The first-order chi connectivity index (χ1) is 18.9. The summed E-state index contributed by atoms with van der Waals surface area (Å²) in [5, 5.41) is 14.7. The smallest absolute Gasteiger partial charge is 0.269 e. The Morgan fingerprint density at radius 3 is 2.62 bits per heavy atom. The number of hydrogen-bond donors (Lipinski definition) is 1. The van der Waals surface area contributed by atoms with E-state index in [2.05, 4.69) is 43.8 Å². The molecule has 1 N–H and O–H groups in total. The van der Waals surface area contributed by atoms with E-state index in [1.54, 1.807) is 29.7 Å². The Labute approximate surface area is 251 Å². The fourth-order valence-corrected chi connectivity index (χ4v) is 7.35. The Balaban J connectivity index is 1.44. The number of benzene rings is 3. The van der Waals surface area contributed by atoms with Crippen molar-refractivity contribution in [2.24, 2.45) is 4.99 Å². The van der Waals surface area contributed by atoms with E-state index >= 15 is 0 Å². The molecule has 0 spiro atoms. The highest BCUT2D eigenvalue weighted by molar-refractivity contribution is 14.1. The summed E-state index contributed by atoms with van der Waals surface area (Å²) in [6, 6.07) is 19.6. The molecule has 0 saturated carbocycles. The predicted molar refractivity (Wildman–Crippen MR) is 167 cm³/mol. The fraction of sp³-hybridized carbons (Fsp3) is 0.172. The van der Waals surface area contributed by atoms with Gasteiger partial charge in [-0.25, -0.2) is 4.99 Å². The second-order valence-corrected chi connectivity index (χ2v) is 12.1. The molecule has 4 aromatic rings. The van der Waals surface area contributed by atoms with Gasteiger partial charge in [0.2, 0.25) is 0 Å². The summed E-state index contributed by atoms with van der Waals surface area (Å²) in [7, 11) is 0. The maximum Gasteiger partial charge on any atom is 0.269 e. The van der Waals surface area contributed by atoms with E-state index in [9.17, 15) is 14.9 Å². The van der Waals surface area contributed by atoms with Crippen LogP contribution in [0.15, 0.2) is 76.2 Å². The number of non-ortho nitro benzene ring substituents is 1. The minimum Gasteiger partial charge on any atom is -0.487 e. The van der Waals surface area contributed by atoms with Crippen molar-refractivity contribution < 1.29 is 14.5 Å². The molecule has 5 rings (SSSR count). The summed E-state index contributed by atoms with van der Waals surface area (Å²) in [4.78, 5) is 30.0. The third kappa shape index (κ3) is 6.56. The van der Waals surface area contributed by atoms with Crippen molar-refractivity contribution >= 4 is 78.4 Å². The van der Waals surface area contributed by atoms with Crippen LogP contribution in [0.4, 0.5) is 16.4 Å². The van der Waals surface area contributed by atoms with Gasteiger partial charge in [-0.05, 0) is 95.8 Å². The van der Waals surface area contributed by atoms with Gasteiger partial charge in [-0.2, -0.15) is 0 Å². The summed E-state index contributed by atoms with van der Waals surface area (Å²) in [5.41, 5.74) is 4.11. The number of rotatable bonds is 8. The lowest BCUT2D eigenvalue weighted by Crippen LogP contribution is -2.14. The topological polar surface area (TPSA) is 93.8 Å². The minimum absolute atomic E-state index is 0.0375. The molecule has 1 aromatic heterocycles. The number of nitro groups is 1. The number of hydrogen-bond acceptors (Lipinski definition) is 6. The Bertz CT molecular complexity index is 1560. The van der Waals surface area contributed by atoms with Crippen LogP contribution in [0.25, 0.3) is 0 Å². The molecule has 1 aliphatic rings. The zero-order valence-electron chi connectivity index (χ0n) is 20.7. The summed E-state index contributed by atoms with van der Waals surface area (Å²) in [6.45, 7) is 0.245. The van der Waals surface area contributed by atoms with Crippen LogP contribution in [0.2, 0.25) is 0 Å². The average Bonchev–Trinajstić information content (AvgIpc) is 3.30. The number of fused-ring (bicyclic) bond motifs is 1. The molecule has 1 heterocycles. The molecule has 0 atom stereocenters. The van der Waals surface area contributed by atoms with E-state index < -0.39 is 4.92 Å². The number of amides is 1. The molecule has 0 bridgehead atoms. The molecule has 10 heteroatoms. The van der Waals surface area contributed by atoms with Gasteiger partial charge in [0.15, 0.2) is 0 Å². The van der Waals surface area contributed by atoms with Gasteiger partial charge in [0.1, 0.15) is 17.4 Å². The second kappa shape index (κ2) is 12.4. The zero-order chi connectivity index (χ0) is 27.4. The highest BCUT2D eigenvalue weighted by atomic mass is 127. The van der Waals surface area contributed by atoms with E-state index in [0.717, 1.165) is 56.1 Å². The largest absolute Gasteiger partial charge is 0.487 e. The van der Waals surface area contributed by atoms with Gasteiger partial charge in [0, 0.05) is 38.9 Å². The zero-order valence-corrected chi connectivity index (χ0v) is 25.2. The minimum atomic E-state index is -0.423. The van der Waals surface area contributed by atoms with Crippen LogP contribution >= 0.6 is 49.9 Å². The molecule has 1 aliphatic carbocycles. The lowest BCUT2D eigenvalue weighted by molar-refractivity contribution is -0.384. The number of carbonyl (C=O) groups excluding carboxylic acids is 1. The van der Waals surface area contributed by atoms with Crippen LogP contribution < -0.4 is 10.1 Å². The van der Waals surface area contributed by atoms with Crippen molar-refractivity contribution in [2.75, 3.05) is 5.32 Å². The van der Waals surface area contributed by atoms with Crippen LogP contribution in [-0.2, 0) is 19.4 Å². The normalized spacial score (nSPS) is 12.8. The summed E-state index contributed by atoms with van der Waals surface area (Å²) in [5.74, 6) is 0.503.